The molecule has 0 bridgehead atoms. The van der Waals surface area contributed by atoms with Crippen LogP contribution < -0.4 is 9.62 Å². The average Bonchev–Trinajstić information content (AvgIpc) is 2.97. The van der Waals surface area contributed by atoms with Gasteiger partial charge in [-0.1, -0.05) is 79.4 Å². The van der Waals surface area contributed by atoms with Gasteiger partial charge in [0.1, 0.15) is 12.6 Å². The maximum atomic E-state index is 14.2. The highest BCUT2D eigenvalue weighted by Crippen LogP contribution is 2.29. The van der Waals surface area contributed by atoms with Gasteiger partial charge in [-0.25, -0.2) is 8.42 Å². The first-order valence-corrected chi connectivity index (χ1v) is 15.9. The van der Waals surface area contributed by atoms with Crippen LogP contribution in [0.3, 0.4) is 0 Å². The van der Waals surface area contributed by atoms with Crippen LogP contribution in [0.4, 0.5) is 5.69 Å². The van der Waals surface area contributed by atoms with E-state index in [1.807, 2.05) is 26.0 Å². The first-order valence-electron chi connectivity index (χ1n) is 14.1. The van der Waals surface area contributed by atoms with E-state index in [0.717, 1.165) is 47.5 Å². The summed E-state index contributed by atoms with van der Waals surface area (Å²) in [6.07, 6.45) is 5.09. The minimum atomic E-state index is -4.11. The van der Waals surface area contributed by atoms with Gasteiger partial charge in [0.2, 0.25) is 11.8 Å². The van der Waals surface area contributed by atoms with Gasteiger partial charge in [-0.3, -0.25) is 13.9 Å². The molecule has 0 spiro atoms. The fourth-order valence-corrected chi connectivity index (χ4v) is 6.89. The summed E-state index contributed by atoms with van der Waals surface area (Å²) in [7, 11) is -4.11. The lowest BCUT2D eigenvalue weighted by Crippen LogP contribution is -2.53. The zero-order valence-electron chi connectivity index (χ0n) is 23.8. The molecule has 3 aromatic carbocycles. The highest BCUT2D eigenvalue weighted by molar-refractivity contribution is 7.92. The maximum Gasteiger partial charge on any atom is 0.264 e. The second kappa shape index (κ2) is 13.5. The molecule has 0 aromatic heterocycles. The van der Waals surface area contributed by atoms with E-state index in [9.17, 15) is 18.0 Å². The average molecular weight is 596 g/mol. The van der Waals surface area contributed by atoms with Gasteiger partial charge in [-0.2, -0.15) is 0 Å². The van der Waals surface area contributed by atoms with Gasteiger partial charge in [0.15, 0.2) is 0 Å². The predicted molar refractivity (Wildman–Crippen MR) is 163 cm³/mol. The Labute approximate surface area is 248 Å². The smallest absolute Gasteiger partial charge is 0.264 e. The van der Waals surface area contributed by atoms with Crippen molar-refractivity contribution in [1.29, 1.82) is 0 Å². The van der Waals surface area contributed by atoms with E-state index in [0.29, 0.717) is 16.3 Å². The molecule has 41 heavy (non-hydrogen) atoms. The molecular weight excluding hydrogens is 558 g/mol. The summed E-state index contributed by atoms with van der Waals surface area (Å²) in [4.78, 5) is 29.1. The van der Waals surface area contributed by atoms with Crippen molar-refractivity contribution in [3.63, 3.8) is 0 Å². The molecule has 0 saturated heterocycles. The van der Waals surface area contributed by atoms with E-state index in [4.69, 9.17) is 11.6 Å². The molecule has 0 unspecified atom stereocenters. The number of halogens is 1. The molecule has 3 aromatic rings. The van der Waals surface area contributed by atoms with Crippen molar-refractivity contribution in [3.8, 4) is 0 Å². The van der Waals surface area contributed by atoms with Crippen LogP contribution >= 0.6 is 11.6 Å². The zero-order chi connectivity index (χ0) is 29.6. The Hall–Kier alpha value is -3.36. The number of carbonyl (C=O) groups excluding carboxylic acids is 2. The van der Waals surface area contributed by atoms with Gasteiger partial charge in [-0.05, 0) is 74.6 Å². The van der Waals surface area contributed by atoms with Gasteiger partial charge in [0, 0.05) is 17.6 Å². The summed E-state index contributed by atoms with van der Waals surface area (Å²) in [6, 6.07) is 19.8. The lowest BCUT2D eigenvalue weighted by molar-refractivity contribution is -0.139. The van der Waals surface area contributed by atoms with Crippen LogP contribution in [0.1, 0.15) is 55.7 Å². The lowest BCUT2D eigenvalue weighted by atomic mass is 9.95. The number of rotatable bonds is 10. The first kappa shape index (κ1) is 30.6. The number of amides is 2. The highest BCUT2D eigenvalue weighted by Gasteiger charge is 2.34. The number of nitrogens with one attached hydrogen (secondary N) is 1. The van der Waals surface area contributed by atoms with E-state index in [-0.39, 0.29) is 23.4 Å². The number of hydrogen-bond acceptors (Lipinski definition) is 4. The van der Waals surface area contributed by atoms with Gasteiger partial charge in [-0.15, -0.1) is 0 Å². The molecule has 1 atom stereocenters. The highest BCUT2D eigenvalue weighted by atomic mass is 35.5. The van der Waals surface area contributed by atoms with E-state index >= 15 is 0 Å². The van der Waals surface area contributed by atoms with Crippen LogP contribution in [0.2, 0.25) is 5.02 Å². The van der Waals surface area contributed by atoms with Crippen molar-refractivity contribution in [2.24, 2.45) is 0 Å². The van der Waals surface area contributed by atoms with Gasteiger partial charge in [0.25, 0.3) is 10.0 Å². The van der Waals surface area contributed by atoms with Crippen LogP contribution in [0.25, 0.3) is 0 Å². The molecular formula is C32H38ClN3O4S. The summed E-state index contributed by atoms with van der Waals surface area (Å²) in [5, 5.41) is 3.58. The van der Waals surface area contributed by atoms with E-state index in [1.165, 1.54) is 17.0 Å². The monoisotopic (exact) mass is 595 g/mol. The molecule has 1 aliphatic rings. The van der Waals surface area contributed by atoms with Gasteiger partial charge in [0.05, 0.1) is 10.6 Å². The first-order chi connectivity index (χ1) is 19.6. The molecule has 218 valence electrons. The Morgan fingerprint density at radius 1 is 0.927 bits per heavy atom. The molecule has 0 heterocycles. The summed E-state index contributed by atoms with van der Waals surface area (Å²) in [5.41, 5.74) is 2.74. The number of aryl methyl sites for hydroxylation is 1. The van der Waals surface area contributed by atoms with Crippen molar-refractivity contribution in [1.82, 2.24) is 10.2 Å². The minimum Gasteiger partial charge on any atom is -0.352 e. The quantitative estimate of drug-likeness (QED) is 0.311. The summed E-state index contributed by atoms with van der Waals surface area (Å²) < 4.78 is 29.1. The molecule has 7 nitrogen and oxygen atoms in total. The lowest BCUT2D eigenvalue weighted by Gasteiger charge is -2.34. The molecule has 1 saturated carbocycles. The van der Waals surface area contributed by atoms with Crippen LogP contribution in [-0.2, 0) is 26.2 Å². The van der Waals surface area contributed by atoms with Gasteiger partial charge >= 0.3 is 0 Å². The van der Waals surface area contributed by atoms with Crippen molar-refractivity contribution in [2.45, 2.75) is 76.4 Å². The molecule has 0 aliphatic heterocycles. The van der Waals surface area contributed by atoms with Gasteiger partial charge < -0.3 is 10.2 Å². The topological polar surface area (TPSA) is 86.8 Å². The Morgan fingerprint density at radius 3 is 2.27 bits per heavy atom. The Bertz CT molecular complexity index is 1470. The second-order valence-corrected chi connectivity index (χ2v) is 12.9. The van der Waals surface area contributed by atoms with E-state index in [1.54, 1.807) is 55.5 Å². The van der Waals surface area contributed by atoms with Crippen molar-refractivity contribution in [2.75, 3.05) is 10.8 Å². The van der Waals surface area contributed by atoms with Crippen molar-refractivity contribution < 1.29 is 18.0 Å². The normalized spacial score (nSPS) is 14.7. The summed E-state index contributed by atoms with van der Waals surface area (Å²) in [5.74, 6) is -0.766. The second-order valence-electron chi connectivity index (χ2n) is 10.7. The number of anilines is 1. The molecule has 4 rings (SSSR count). The van der Waals surface area contributed by atoms with Crippen LogP contribution in [-0.4, -0.2) is 43.8 Å². The van der Waals surface area contributed by atoms with Crippen molar-refractivity contribution >= 4 is 39.1 Å². The number of nitrogens with zero attached hydrogens (tertiary/aromatic N) is 2. The molecule has 9 heteroatoms. The summed E-state index contributed by atoms with van der Waals surface area (Å²) >= 11 is 6.46. The standard InChI is InChI=1S/C32H38ClN3O4S/c1-23-13-12-20-30(24(23)2)36(41(39,40)28-17-8-5-9-18-28)22-31(37)35(21-26-14-10-11-19-29(26)33)25(3)32(38)34-27-15-6-4-7-16-27/h5,8-14,17-20,25,27H,4,6-7,15-16,21-22H2,1-3H3,(H,34,38)/t25-/m0/s1. The number of carbonyl (C=O) groups is 2. The molecule has 1 N–H and O–H groups in total. The number of hydrogen-bond donors (Lipinski definition) is 1. The Balaban J connectivity index is 1.71. The third-order valence-corrected chi connectivity index (χ3v) is 10.0. The Kier molecular flexibility index (Phi) is 10.1. The largest absolute Gasteiger partial charge is 0.352 e. The van der Waals surface area contributed by atoms with E-state index in [2.05, 4.69) is 5.32 Å². The van der Waals surface area contributed by atoms with Crippen LogP contribution in [0, 0.1) is 13.8 Å². The SMILES string of the molecule is Cc1cccc(N(CC(=O)N(Cc2ccccc2Cl)[C@@H](C)C(=O)NC2CCCCC2)S(=O)(=O)c2ccccc2)c1C. The third kappa shape index (κ3) is 7.29. The molecule has 1 aliphatic carbocycles. The third-order valence-electron chi connectivity index (χ3n) is 7.87. The molecule has 1 fully saturated rings. The molecule has 0 radical (unpaired) electrons. The van der Waals surface area contributed by atoms with Crippen LogP contribution in [0.15, 0.2) is 77.7 Å². The number of benzene rings is 3. The predicted octanol–water partition coefficient (Wildman–Crippen LogP) is 6.02. The van der Waals surface area contributed by atoms with E-state index < -0.39 is 28.5 Å². The van der Waals surface area contributed by atoms with Crippen molar-refractivity contribution in [3.05, 3.63) is 94.5 Å². The summed E-state index contributed by atoms with van der Waals surface area (Å²) in [6.45, 7) is 5.00. The Morgan fingerprint density at radius 2 is 1.59 bits per heavy atom. The number of sulfonamides is 1. The van der Waals surface area contributed by atoms with Crippen LogP contribution in [0.5, 0.6) is 0 Å². The molecule has 2 amide bonds. The minimum absolute atomic E-state index is 0.0593. The maximum absolute atomic E-state index is 14.2. The zero-order valence-corrected chi connectivity index (χ0v) is 25.4. The fourth-order valence-electron chi connectivity index (χ4n) is 5.20. The fraction of sp³-hybridized carbons (Fsp3) is 0.375.